The first kappa shape index (κ1) is 23.8. The number of piperazine rings is 1. The number of hydrogen-bond acceptors (Lipinski definition) is 4. The van der Waals surface area contributed by atoms with E-state index in [9.17, 15) is 13.2 Å². The number of fused-ring (bicyclic) bond motifs is 1. The maximum atomic E-state index is 12.5. The predicted octanol–water partition coefficient (Wildman–Crippen LogP) is 5.64. The molecule has 29 heavy (non-hydrogen) atoms. The highest BCUT2D eigenvalue weighted by Gasteiger charge is 2.31. The van der Waals surface area contributed by atoms with Gasteiger partial charge in [-0.1, -0.05) is 30.3 Å². The minimum absolute atomic E-state index is 0. The van der Waals surface area contributed by atoms with Gasteiger partial charge in [0.25, 0.3) is 0 Å². The summed E-state index contributed by atoms with van der Waals surface area (Å²) in [6, 6.07) is 14.5. The molecule has 9 heteroatoms. The number of ether oxygens (including phenoxy) is 1. The summed E-state index contributed by atoms with van der Waals surface area (Å²) in [5, 5.41) is 6.71. The summed E-state index contributed by atoms with van der Waals surface area (Å²) < 4.78 is 42.6. The first-order chi connectivity index (χ1) is 13.0. The van der Waals surface area contributed by atoms with Gasteiger partial charge in [0.15, 0.2) is 0 Å². The molecule has 0 saturated carbocycles. The van der Waals surface area contributed by atoms with E-state index in [4.69, 9.17) is 0 Å². The lowest BCUT2D eigenvalue weighted by atomic mass is 9.96. The van der Waals surface area contributed by atoms with Crippen molar-refractivity contribution in [1.29, 1.82) is 0 Å². The molecule has 3 aromatic rings. The Morgan fingerprint density at radius 2 is 1.62 bits per heavy atom. The predicted molar refractivity (Wildman–Crippen MR) is 116 cm³/mol. The fourth-order valence-corrected chi connectivity index (χ4v) is 4.57. The molecule has 0 unspecified atom stereocenters. The Balaban J connectivity index is 0.00000150. The Kier molecular flexibility index (Phi) is 8.19. The zero-order valence-electron chi connectivity index (χ0n) is 15.3. The Morgan fingerprint density at radius 1 is 0.966 bits per heavy atom. The maximum absolute atomic E-state index is 12.5. The van der Waals surface area contributed by atoms with Gasteiger partial charge in [-0.15, -0.1) is 49.3 Å². The Bertz CT molecular complexity index is 912. The van der Waals surface area contributed by atoms with Gasteiger partial charge >= 0.3 is 6.36 Å². The van der Waals surface area contributed by atoms with Crippen LogP contribution in [0, 0.1) is 0 Å². The van der Waals surface area contributed by atoms with Gasteiger partial charge in [0, 0.05) is 30.9 Å². The van der Waals surface area contributed by atoms with Crippen molar-refractivity contribution in [1.82, 2.24) is 10.2 Å². The number of nitrogens with one attached hydrogen (secondary N) is 1. The highest BCUT2D eigenvalue weighted by Crippen LogP contribution is 2.38. The second-order valence-corrected chi connectivity index (χ2v) is 7.40. The van der Waals surface area contributed by atoms with E-state index >= 15 is 0 Å². The molecule has 2 aromatic carbocycles. The number of rotatable bonds is 4. The van der Waals surface area contributed by atoms with Crippen molar-refractivity contribution in [3.05, 3.63) is 65.0 Å². The molecule has 158 valence electrons. The van der Waals surface area contributed by atoms with Gasteiger partial charge in [0.2, 0.25) is 0 Å². The standard InChI is InChI=1S/C20H19F3N2OS.2ClH/c21-20(22,23)26-15-7-5-14(6-8-15)19(25-11-9-24-10-12-25)17-13-27-18-4-2-1-3-16(17)18;;/h1-8,13,19,24H,9-12H2;2*1H/t19-;;/m0../s1. The highest BCUT2D eigenvalue weighted by atomic mass is 35.5. The second kappa shape index (κ2) is 10.00. The Hall–Kier alpha value is -1.51. The van der Waals surface area contributed by atoms with Crippen LogP contribution in [0.2, 0.25) is 0 Å². The molecule has 1 aromatic heterocycles. The molecular weight excluding hydrogens is 444 g/mol. The minimum atomic E-state index is -4.68. The average molecular weight is 465 g/mol. The van der Waals surface area contributed by atoms with Crippen LogP contribution in [-0.2, 0) is 0 Å². The monoisotopic (exact) mass is 464 g/mol. The van der Waals surface area contributed by atoms with E-state index in [-0.39, 0.29) is 36.6 Å². The van der Waals surface area contributed by atoms with Gasteiger partial charge in [-0.3, -0.25) is 4.90 Å². The highest BCUT2D eigenvalue weighted by molar-refractivity contribution is 7.17. The maximum Gasteiger partial charge on any atom is 0.573 e. The molecule has 1 aliphatic heterocycles. The summed E-state index contributed by atoms with van der Waals surface area (Å²) in [7, 11) is 0. The first-order valence-electron chi connectivity index (χ1n) is 8.78. The van der Waals surface area contributed by atoms with Gasteiger partial charge < -0.3 is 10.1 Å². The number of hydrogen-bond donors (Lipinski definition) is 1. The van der Waals surface area contributed by atoms with Gasteiger partial charge in [-0.05, 0) is 40.1 Å². The topological polar surface area (TPSA) is 24.5 Å². The molecule has 0 bridgehead atoms. The van der Waals surface area contributed by atoms with Crippen LogP contribution in [0.1, 0.15) is 17.2 Å². The third kappa shape index (κ3) is 5.55. The van der Waals surface area contributed by atoms with E-state index in [1.165, 1.54) is 27.8 Å². The van der Waals surface area contributed by atoms with Crippen LogP contribution in [-0.4, -0.2) is 37.4 Å². The lowest BCUT2D eigenvalue weighted by Gasteiger charge is -2.35. The van der Waals surface area contributed by atoms with Crippen molar-refractivity contribution in [2.24, 2.45) is 0 Å². The molecular formula is C20H21Cl2F3N2OS. The average Bonchev–Trinajstić information content (AvgIpc) is 3.07. The lowest BCUT2D eigenvalue weighted by molar-refractivity contribution is -0.274. The summed E-state index contributed by atoms with van der Waals surface area (Å²) in [5.74, 6) is -0.194. The molecule has 1 fully saturated rings. The van der Waals surface area contributed by atoms with Crippen LogP contribution in [0.15, 0.2) is 53.9 Å². The molecule has 0 spiro atoms. The van der Waals surface area contributed by atoms with E-state index in [0.717, 1.165) is 31.7 Å². The van der Waals surface area contributed by atoms with Crippen LogP contribution in [0.4, 0.5) is 13.2 Å². The first-order valence-corrected chi connectivity index (χ1v) is 9.66. The van der Waals surface area contributed by atoms with Gasteiger partial charge in [-0.25, -0.2) is 0 Å². The molecule has 1 N–H and O–H groups in total. The van der Waals surface area contributed by atoms with Gasteiger partial charge in [-0.2, -0.15) is 0 Å². The van der Waals surface area contributed by atoms with Crippen LogP contribution in [0.5, 0.6) is 5.75 Å². The smallest absolute Gasteiger partial charge is 0.406 e. The molecule has 0 aliphatic carbocycles. The molecule has 1 atom stereocenters. The van der Waals surface area contributed by atoms with Crippen molar-refractivity contribution in [3.8, 4) is 5.75 Å². The van der Waals surface area contributed by atoms with E-state index < -0.39 is 6.36 Å². The second-order valence-electron chi connectivity index (χ2n) is 6.49. The summed E-state index contributed by atoms with van der Waals surface area (Å²) >= 11 is 1.70. The SMILES string of the molecule is Cl.Cl.FC(F)(F)Oc1ccc([C@@H](c2csc3ccccc23)N2CCNCC2)cc1. The number of thiophene rings is 1. The van der Waals surface area contributed by atoms with E-state index in [0.29, 0.717) is 0 Å². The largest absolute Gasteiger partial charge is 0.573 e. The van der Waals surface area contributed by atoms with E-state index in [2.05, 4.69) is 32.5 Å². The number of alkyl halides is 3. The molecule has 1 aliphatic rings. The van der Waals surface area contributed by atoms with Gasteiger partial charge in [0.1, 0.15) is 5.75 Å². The minimum Gasteiger partial charge on any atom is -0.406 e. The third-order valence-corrected chi connectivity index (χ3v) is 5.73. The van der Waals surface area contributed by atoms with Crippen LogP contribution < -0.4 is 10.1 Å². The lowest BCUT2D eigenvalue weighted by Crippen LogP contribution is -2.45. The van der Waals surface area contributed by atoms with Crippen LogP contribution >= 0.6 is 36.2 Å². The number of halogens is 5. The number of benzene rings is 2. The normalized spacial score (nSPS) is 16.0. The zero-order valence-corrected chi connectivity index (χ0v) is 17.8. The fourth-order valence-electron chi connectivity index (χ4n) is 3.59. The molecule has 0 radical (unpaired) electrons. The fraction of sp³-hybridized carbons (Fsp3) is 0.300. The zero-order chi connectivity index (χ0) is 18.9. The van der Waals surface area contributed by atoms with Crippen molar-refractivity contribution in [2.45, 2.75) is 12.4 Å². The molecule has 2 heterocycles. The van der Waals surface area contributed by atoms with E-state index in [1.54, 1.807) is 23.5 Å². The summed E-state index contributed by atoms with van der Waals surface area (Å²) in [6.07, 6.45) is -4.68. The molecule has 4 rings (SSSR count). The van der Waals surface area contributed by atoms with Crippen LogP contribution in [0.25, 0.3) is 10.1 Å². The van der Waals surface area contributed by atoms with Crippen molar-refractivity contribution in [2.75, 3.05) is 26.2 Å². The van der Waals surface area contributed by atoms with Crippen molar-refractivity contribution < 1.29 is 17.9 Å². The molecule has 1 saturated heterocycles. The van der Waals surface area contributed by atoms with Crippen LogP contribution in [0.3, 0.4) is 0 Å². The van der Waals surface area contributed by atoms with Gasteiger partial charge in [0.05, 0.1) is 6.04 Å². The summed E-state index contributed by atoms with van der Waals surface area (Å²) in [5.41, 5.74) is 2.16. The molecule has 0 amide bonds. The van der Waals surface area contributed by atoms with E-state index in [1.807, 2.05) is 12.1 Å². The summed E-state index contributed by atoms with van der Waals surface area (Å²) in [4.78, 5) is 2.38. The molecule has 3 nitrogen and oxygen atoms in total. The number of nitrogens with zero attached hydrogens (tertiary/aromatic N) is 1. The third-order valence-electron chi connectivity index (χ3n) is 4.75. The van der Waals surface area contributed by atoms with Crippen molar-refractivity contribution >= 4 is 46.2 Å². The Labute approximate surface area is 183 Å². The summed E-state index contributed by atoms with van der Waals surface area (Å²) in [6.45, 7) is 3.56. The Morgan fingerprint density at radius 3 is 2.28 bits per heavy atom. The quantitative estimate of drug-likeness (QED) is 0.540. The van der Waals surface area contributed by atoms with Crippen molar-refractivity contribution in [3.63, 3.8) is 0 Å².